The molecule has 6 aromatic rings. The molecule has 3 heterocycles. The van der Waals surface area contributed by atoms with E-state index in [0.29, 0.717) is 5.56 Å². The van der Waals surface area contributed by atoms with Gasteiger partial charge in [-0.3, -0.25) is 4.79 Å². The third kappa shape index (κ3) is 22.9. The van der Waals surface area contributed by atoms with Crippen molar-refractivity contribution in [3.63, 3.8) is 0 Å². The Labute approximate surface area is 382 Å². The number of nitrogens with zero attached hydrogens (tertiary/aromatic N) is 6. The van der Waals surface area contributed by atoms with E-state index in [4.69, 9.17) is 15.9 Å². The van der Waals surface area contributed by atoms with Crippen molar-refractivity contribution in [2.75, 3.05) is 7.11 Å². The van der Waals surface area contributed by atoms with Crippen molar-refractivity contribution >= 4 is 20.8 Å². The summed E-state index contributed by atoms with van der Waals surface area (Å²) in [5.74, 6) is 0. The number of rotatable bonds is 7. The molecule has 3 aromatic carbocycles. The number of hydrogen-bond acceptors (Lipinski definition) is 11. The second kappa shape index (κ2) is 37.0. The fourth-order valence-electron chi connectivity index (χ4n) is 3.85. The molecular weight excluding hydrogens is 732 g/mol. The van der Waals surface area contributed by atoms with Crippen LogP contribution in [0.4, 0.5) is 4.79 Å². The zero-order valence-corrected chi connectivity index (χ0v) is 30.1. The Morgan fingerprint density at radius 2 is 0.891 bits per heavy atom. The summed E-state index contributed by atoms with van der Waals surface area (Å²) in [6, 6.07) is 22.5. The molecular formula is C40H54ArBN7NaO5. The number of carbonyl (C=O) groups excluding carboxylic acids is 2. The Hall–Kier alpha value is -3.92. The van der Waals surface area contributed by atoms with Gasteiger partial charge in [0.05, 0.1) is 6.61 Å². The van der Waals surface area contributed by atoms with E-state index in [0.717, 1.165) is 57.9 Å². The first kappa shape index (κ1) is 63.0. The van der Waals surface area contributed by atoms with E-state index in [2.05, 4.69) is 34.6 Å². The molecule has 6 rings (SSSR count). The van der Waals surface area contributed by atoms with Crippen LogP contribution in [0.15, 0.2) is 129 Å². The molecule has 55 heavy (non-hydrogen) atoms. The van der Waals surface area contributed by atoms with Crippen LogP contribution in [0, 0.1) is 37.7 Å². The second-order valence-corrected chi connectivity index (χ2v) is 9.28. The normalized spacial score (nSPS) is 8.20. The predicted octanol–water partition coefficient (Wildman–Crippen LogP) is 4.86. The molecule has 3 radical (unpaired) electrons. The third-order valence-electron chi connectivity index (χ3n) is 6.20. The van der Waals surface area contributed by atoms with Crippen LogP contribution in [0.2, 0.25) is 0 Å². The SMILES string of the molecule is C.C.C.C.C.CO.NC(=O)OCc1ccc(-c2cncnc2)cc1.O=Cc1ccc(-c2cncnc2)cc1.OCc1ccc(-c2cncnc2)cc1.[Ar].[B].[H-].[Na+]. The van der Waals surface area contributed by atoms with Gasteiger partial charge in [-0.05, 0) is 27.8 Å². The maximum absolute atomic E-state index is 10.4. The van der Waals surface area contributed by atoms with E-state index in [9.17, 15) is 9.59 Å². The van der Waals surface area contributed by atoms with Crippen LogP contribution in [0.3, 0.4) is 0 Å². The molecule has 0 fully saturated rings. The van der Waals surface area contributed by atoms with Crippen LogP contribution in [-0.4, -0.2) is 68.0 Å². The number of amides is 1. The molecule has 0 atom stereocenters. The van der Waals surface area contributed by atoms with Crippen molar-refractivity contribution in [3.8, 4) is 33.4 Å². The fraction of sp³-hybridized carbons (Fsp3) is 0.200. The number of aliphatic hydroxyl groups is 2. The molecule has 4 N–H and O–H groups in total. The van der Waals surface area contributed by atoms with Crippen LogP contribution in [0.1, 0.15) is 60.0 Å². The Morgan fingerprint density at radius 3 is 1.16 bits per heavy atom. The summed E-state index contributed by atoms with van der Waals surface area (Å²) in [7, 11) is 1.00. The minimum atomic E-state index is -0.773. The molecule has 0 aliphatic heterocycles. The number of nitrogens with two attached hydrogens (primary N) is 1. The number of aldehydes is 1. The van der Waals surface area contributed by atoms with Crippen molar-refractivity contribution < 1.29 is 93.3 Å². The predicted molar refractivity (Wildman–Crippen MR) is 217 cm³/mol. The zero-order valence-electron chi connectivity index (χ0n) is 28.4. The first-order valence-corrected chi connectivity index (χ1v) is 14.0. The van der Waals surface area contributed by atoms with E-state index < -0.39 is 6.09 Å². The van der Waals surface area contributed by atoms with Gasteiger partial charge in [0.2, 0.25) is 0 Å². The van der Waals surface area contributed by atoms with Gasteiger partial charge < -0.3 is 22.1 Å². The summed E-state index contributed by atoms with van der Waals surface area (Å²) in [6.45, 7) is 0.256. The smallest absolute Gasteiger partial charge is 1.00 e. The molecule has 0 bridgehead atoms. The molecule has 291 valence electrons. The molecule has 0 spiro atoms. The number of benzene rings is 3. The van der Waals surface area contributed by atoms with Crippen LogP contribution >= 0.6 is 0 Å². The molecule has 3 aromatic heterocycles. The number of aliphatic hydroxyl groups excluding tert-OH is 2. The maximum atomic E-state index is 10.4. The summed E-state index contributed by atoms with van der Waals surface area (Å²) in [6.07, 6.45) is 15.0. The monoisotopic (exact) mass is 786 g/mol. The summed E-state index contributed by atoms with van der Waals surface area (Å²) < 4.78 is 4.69. The Morgan fingerprint density at radius 1 is 0.600 bits per heavy atom. The van der Waals surface area contributed by atoms with E-state index in [1.54, 1.807) is 49.3 Å². The average Bonchev–Trinajstić information content (AvgIpc) is 3.16. The van der Waals surface area contributed by atoms with Gasteiger partial charge in [0.15, 0.2) is 0 Å². The van der Waals surface area contributed by atoms with Gasteiger partial charge in [-0.2, -0.15) is 0 Å². The zero-order chi connectivity index (χ0) is 33.7. The van der Waals surface area contributed by atoms with Gasteiger partial charge in [0, 0.05) is 113 Å². The van der Waals surface area contributed by atoms with Crippen LogP contribution in [0.5, 0.6) is 0 Å². The van der Waals surface area contributed by atoms with Gasteiger partial charge in [0.25, 0.3) is 0 Å². The summed E-state index contributed by atoms with van der Waals surface area (Å²) in [5.41, 5.74) is 13.3. The molecule has 0 aliphatic rings. The number of primary amides is 1. The Kier molecular flexibility index (Phi) is 42.4. The average molecular weight is 787 g/mol. The third-order valence-corrected chi connectivity index (χ3v) is 6.20. The van der Waals surface area contributed by atoms with Gasteiger partial charge in [-0.1, -0.05) is 110 Å². The van der Waals surface area contributed by atoms with Crippen molar-refractivity contribution in [2.45, 2.75) is 50.3 Å². The van der Waals surface area contributed by atoms with E-state index in [-0.39, 0.29) is 127 Å². The second-order valence-electron chi connectivity index (χ2n) is 9.28. The van der Waals surface area contributed by atoms with E-state index in [1.807, 2.05) is 60.7 Å². The minimum absolute atomic E-state index is 0. The summed E-state index contributed by atoms with van der Waals surface area (Å²) >= 11 is 0. The molecule has 0 saturated heterocycles. The van der Waals surface area contributed by atoms with Crippen LogP contribution in [0.25, 0.3) is 33.4 Å². The fourth-order valence-corrected chi connectivity index (χ4v) is 3.85. The standard InChI is InChI=1S/C12H11N3O2.C11H10N2O.C11H8N2O.CH4O.5CH4.Ar.B.Na.H/c13-12(16)17-7-9-1-3-10(4-2-9)11-5-14-8-15-6-11;2*14-7-9-1-3-10(4-2-9)11-5-12-8-13-6-11;1-2;;;;;;;;;/h1-6,8H,7H2,(H2,13,16);1-6,8,14H,7H2;1-8H;2H,1H3;5*1H4;;;;/q;;;;;;;;;;;+1;-1. The number of hydrogen-bond donors (Lipinski definition) is 3. The quantitative estimate of drug-likeness (QED) is 0.148. The van der Waals surface area contributed by atoms with Gasteiger partial charge in [-0.15, -0.1) is 0 Å². The largest absolute Gasteiger partial charge is 1.00 e. The number of carbonyl (C=O) groups is 2. The molecule has 0 unspecified atom stereocenters. The van der Waals surface area contributed by atoms with Gasteiger partial charge >= 0.3 is 35.7 Å². The Balaban J connectivity index is -0.000000117. The van der Waals surface area contributed by atoms with Crippen molar-refractivity contribution in [1.29, 1.82) is 0 Å². The van der Waals surface area contributed by atoms with Crippen molar-refractivity contribution in [2.24, 2.45) is 5.73 Å². The van der Waals surface area contributed by atoms with Crippen LogP contribution < -0.4 is 35.3 Å². The molecule has 15 heteroatoms. The first-order valence-electron chi connectivity index (χ1n) is 14.0. The maximum Gasteiger partial charge on any atom is 1.00 e. The minimum Gasteiger partial charge on any atom is -1.00 e. The Bertz CT molecular complexity index is 1770. The van der Waals surface area contributed by atoms with Gasteiger partial charge in [0.1, 0.15) is 31.9 Å². The first-order chi connectivity index (χ1) is 23.1. The van der Waals surface area contributed by atoms with Crippen molar-refractivity contribution in [3.05, 3.63) is 146 Å². The molecule has 12 nitrogen and oxygen atoms in total. The topological polar surface area (TPSA) is 187 Å². The van der Waals surface area contributed by atoms with Crippen LogP contribution in [-0.2, 0) is 18.0 Å². The molecule has 0 saturated carbocycles. The van der Waals surface area contributed by atoms with Crippen molar-refractivity contribution in [1.82, 2.24) is 29.9 Å². The number of ether oxygens (including phenoxy) is 1. The summed E-state index contributed by atoms with van der Waals surface area (Å²) in [4.78, 5) is 44.5. The van der Waals surface area contributed by atoms with E-state index in [1.165, 1.54) is 19.0 Å². The molecule has 1 amide bonds. The van der Waals surface area contributed by atoms with E-state index >= 15 is 0 Å². The number of aromatic nitrogens is 6. The summed E-state index contributed by atoms with van der Waals surface area (Å²) in [5, 5.41) is 15.9. The molecule has 0 aliphatic carbocycles. The van der Waals surface area contributed by atoms with Gasteiger partial charge in [-0.25, -0.2) is 34.7 Å².